The van der Waals surface area contributed by atoms with Gasteiger partial charge in [-0.1, -0.05) is 48.5 Å². The van der Waals surface area contributed by atoms with Gasteiger partial charge in [-0.25, -0.2) is 0 Å². The van der Waals surface area contributed by atoms with Gasteiger partial charge < -0.3 is 19.4 Å². The number of benzene rings is 3. The van der Waals surface area contributed by atoms with Gasteiger partial charge in [-0.15, -0.1) is 0 Å². The summed E-state index contributed by atoms with van der Waals surface area (Å²) in [7, 11) is 3.26. The van der Waals surface area contributed by atoms with Crippen molar-refractivity contribution in [2.45, 2.75) is 18.5 Å². The third-order valence-corrected chi connectivity index (χ3v) is 7.18. The molecule has 0 bridgehead atoms. The number of ether oxygens (including phenoxy) is 2. The first-order valence-corrected chi connectivity index (χ1v) is 11.6. The number of carbonyl (C=O) groups is 1. The van der Waals surface area contributed by atoms with Gasteiger partial charge in [0.25, 0.3) is 5.91 Å². The summed E-state index contributed by atoms with van der Waals surface area (Å²) in [6.07, 6.45) is 0.574. The lowest BCUT2D eigenvalue weighted by atomic mass is 9.88. The summed E-state index contributed by atoms with van der Waals surface area (Å²) < 4.78 is 11.4. The molecule has 1 saturated heterocycles. The summed E-state index contributed by atoms with van der Waals surface area (Å²) >= 11 is 5.97. The lowest BCUT2D eigenvalue weighted by Crippen LogP contribution is -2.44. The van der Waals surface area contributed by atoms with E-state index >= 15 is 0 Å². The predicted molar refractivity (Wildman–Crippen MR) is 136 cm³/mol. The van der Waals surface area contributed by atoms with Crippen molar-refractivity contribution < 1.29 is 14.3 Å². The maximum absolute atomic E-state index is 13.8. The van der Waals surface area contributed by atoms with Crippen molar-refractivity contribution in [3.63, 3.8) is 0 Å². The highest BCUT2D eigenvalue weighted by Gasteiger charge is 2.51. The first-order valence-electron chi connectivity index (χ1n) is 11.2. The number of fused-ring (bicyclic) bond motifs is 4. The molecule has 1 N–H and O–H groups in total. The Bertz CT molecular complexity index is 1430. The minimum Gasteiger partial charge on any atom is -0.493 e. The molecular weight excluding hydrogens is 446 g/mol. The second-order valence-electron chi connectivity index (χ2n) is 8.47. The fourth-order valence-electron chi connectivity index (χ4n) is 5.34. The average Bonchev–Trinajstić information content (AvgIpc) is 3.37. The molecule has 2 aliphatic rings. The van der Waals surface area contributed by atoms with E-state index in [0.29, 0.717) is 23.0 Å². The molecule has 2 atom stereocenters. The van der Waals surface area contributed by atoms with Crippen LogP contribution in [0.1, 0.15) is 22.9 Å². The van der Waals surface area contributed by atoms with E-state index in [1.165, 1.54) is 0 Å². The van der Waals surface area contributed by atoms with Crippen molar-refractivity contribution in [1.29, 1.82) is 0 Å². The van der Waals surface area contributed by atoms with Gasteiger partial charge in [-0.05, 0) is 42.0 Å². The van der Waals surface area contributed by atoms with Crippen molar-refractivity contribution in [2.24, 2.45) is 0 Å². The first kappa shape index (κ1) is 20.7. The van der Waals surface area contributed by atoms with E-state index in [9.17, 15) is 4.79 Å². The number of amides is 1. The van der Waals surface area contributed by atoms with Gasteiger partial charge in [0.15, 0.2) is 16.6 Å². The fourth-order valence-corrected chi connectivity index (χ4v) is 5.77. The van der Waals surface area contributed by atoms with Crippen LogP contribution in [0.15, 0.2) is 72.8 Å². The fraction of sp³-hybridized carbons (Fsp3) is 0.185. The maximum Gasteiger partial charge on any atom is 0.256 e. The molecule has 1 amide bonds. The third-order valence-electron chi connectivity index (χ3n) is 6.79. The van der Waals surface area contributed by atoms with Gasteiger partial charge in [-0.2, -0.15) is 0 Å². The van der Waals surface area contributed by atoms with E-state index in [4.69, 9.17) is 21.7 Å². The van der Waals surface area contributed by atoms with Gasteiger partial charge in [-0.3, -0.25) is 9.69 Å². The number of H-pyrrole nitrogens is 1. The standard InChI is InChI=1S/C27H23N3O3S/c1-32-22-14-8-12-18(25(22)33-2)24-23-19(17-11-6-7-13-20(17)28-23)15-21-26(31)29(27(34)30(21)24)16-9-4-3-5-10-16/h3-14,21,24,28H,15H2,1-2H3/t21-,24-/m0/s1. The van der Waals surface area contributed by atoms with Gasteiger partial charge in [0, 0.05) is 28.6 Å². The first-order chi connectivity index (χ1) is 16.6. The molecule has 0 radical (unpaired) electrons. The largest absolute Gasteiger partial charge is 0.493 e. The van der Waals surface area contributed by atoms with E-state index < -0.39 is 6.04 Å². The van der Waals surface area contributed by atoms with E-state index in [1.54, 1.807) is 19.1 Å². The molecule has 6 nitrogen and oxygen atoms in total. The van der Waals surface area contributed by atoms with E-state index in [1.807, 2.05) is 60.7 Å². The molecule has 0 saturated carbocycles. The Morgan fingerprint density at radius 3 is 2.47 bits per heavy atom. The van der Waals surface area contributed by atoms with Gasteiger partial charge in [0.05, 0.1) is 19.9 Å². The lowest BCUT2D eigenvalue weighted by Gasteiger charge is -2.38. The number of hydrogen-bond acceptors (Lipinski definition) is 4. The molecule has 0 spiro atoms. The third kappa shape index (κ3) is 2.86. The van der Waals surface area contributed by atoms with Crippen LogP contribution in [0, 0.1) is 0 Å². The minimum atomic E-state index is -0.416. The zero-order valence-electron chi connectivity index (χ0n) is 18.8. The number of aromatic nitrogens is 1. The second-order valence-corrected chi connectivity index (χ2v) is 8.83. The maximum atomic E-state index is 13.8. The Morgan fingerprint density at radius 1 is 0.941 bits per heavy atom. The van der Waals surface area contributed by atoms with Crippen molar-refractivity contribution in [3.8, 4) is 11.5 Å². The summed E-state index contributed by atoms with van der Waals surface area (Å²) in [4.78, 5) is 21.1. The lowest BCUT2D eigenvalue weighted by molar-refractivity contribution is -0.120. The molecule has 2 aliphatic heterocycles. The van der Waals surface area contributed by atoms with Crippen LogP contribution >= 0.6 is 12.2 Å². The quantitative estimate of drug-likeness (QED) is 0.434. The smallest absolute Gasteiger partial charge is 0.256 e. The second kappa shape index (κ2) is 7.88. The minimum absolute atomic E-state index is 0.0148. The van der Waals surface area contributed by atoms with Crippen LogP contribution in [0.4, 0.5) is 5.69 Å². The van der Waals surface area contributed by atoms with Crippen molar-refractivity contribution >= 4 is 39.8 Å². The van der Waals surface area contributed by atoms with Crippen LogP contribution < -0.4 is 14.4 Å². The normalized spacial score (nSPS) is 19.4. The summed E-state index contributed by atoms with van der Waals surface area (Å²) in [5.74, 6) is 1.25. The molecule has 34 heavy (non-hydrogen) atoms. The van der Waals surface area contributed by atoms with Crippen molar-refractivity contribution in [2.75, 3.05) is 19.1 Å². The number of nitrogens with zero attached hydrogens (tertiary/aromatic N) is 2. The number of thiocarbonyl (C=S) groups is 1. The number of aromatic amines is 1. The van der Waals surface area contributed by atoms with Crippen molar-refractivity contribution in [3.05, 3.63) is 89.6 Å². The summed E-state index contributed by atoms with van der Waals surface area (Å²) in [5, 5.41) is 1.61. The van der Waals surface area contributed by atoms with E-state index in [2.05, 4.69) is 22.0 Å². The number of methoxy groups -OCH3 is 2. The average molecular weight is 470 g/mol. The number of rotatable bonds is 4. The highest BCUT2D eigenvalue weighted by Crippen LogP contribution is 2.48. The zero-order valence-corrected chi connectivity index (χ0v) is 19.6. The monoisotopic (exact) mass is 469 g/mol. The number of nitrogens with one attached hydrogen (secondary N) is 1. The van der Waals surface area contributed by atoms with Crippen LogP contribution in [0.2, 0.25) is 0 Å². The van der Waals surface area contributed by atoms with E-state index in [0.717, 1.165) is 33.4 Å². The summed E-state index contributed by atoms with van der Waals surface area (Å²) in [6.45, 7) is 0. The molecule has 170 valence electrons. The highest BCUT2D eigenvalue weighted by molar-refractivity contribution is 7.80. The van der Waals surface area contributed by atoms with Crippen LogP contribution in [-0.4, -0.2) is 41.2 Å². The predicted octanol–water partition coefficient (Wildman–Crippen LogP) is 4.83. The van der Waals surface area contributed by atoms with Gasteiger partial charge >= 0.3 is 0 Å². The van der Waals surface area contributed by atoms with Gasteiger partial charge in [0.1, 0.15) is 12.1 Å². The van der Waals surface area contributed by atoms with Crippen LogP contribution in [0.5, 0.6) is 11.5 Å². The molecule has 1 aromatic heterocycles. The molecule has 7 heteroatoms. The van der Waals surface area contributed by atoms with Crippen LogP contribution in [0.25, 0.3) is 10.9 Å². The zero-order chi connectivity index (χ0) is 23.4. The highest BCUT2D eigenvalue weighted by atomic mass is 32.1. The SMILES string of the molecule is COc1cccc([C@H]2c3[nH]c4ccccc4c3C[C@H]3C(=O)N(c4ccccc4)C(=S)N23)c1OC. The summed E-state index contributed by atoms with van der Waals surface area (Å²) in [5.41, 5.74) is 4.87. The number of anilines is 1. The number of carbonyl (C=O) groups excluding carboxylic acids is 1. The topological polar surface area (TPSA) is 57.8 Å². The number of para-hydroxylation sites is 3. The Kier molecular flexibility index (Phi) is 4.81. The molecule has 0 unspecified atom stereocenters. The van der Waals surface area contributed by atoms with E-state index in [-0.39, 0.29) is 11.9 Å². The van der Waals surface area contributed by atoms with Gasteiger partial charge in [0.2, 0.25) is 0 Å². The molecule has 3 aromatic carbocycles. The number of hydrogen-bond donors (Lipinski definition) is 1. The Balaban J connectivity index is 1.60. The molecule has 4 aromatic rings. The van der Waals surface area contributed by atoms with Crippen LogP contribution in [0.3, 0.4) is 0 Å². The Labute approximate surface area is 202 Å². The van der Waals surface area contributed by atoms with Crippen LogP contribution in [-0.2, 0) is 11.2 Å². The molecule has 6 rings (SSSR count). The Hall–Kier alpha value is -3.84. The summed E-state index contributed by atoms with van der Waals surface area (Å²) in [6, 6.07) is 22.9. The Morgan fingerprint density at radius 2 is 1.71 bits per heavy atom. The molecule has 3 heterocycles. The molecule has 0 aliphatic carbocycles. The van der Waals surface area contributed by atoms with Crippen molar-refractivity contribution in [1.82, 2.24) is 9.88 Å². The molecule has 1 fully saturated rings. The molecular formula is C27H23N3O3S.